The minimum atomic E-state index is 0.0137. The molecule has 2 rings (SSSR count). The van der Waals surface area contributed by atoms with Gasteiger partial charge in [0.05, 0.1) is 11.6 Å². The van der Waals surface area contributed by atoms with Crippen molar-refractivity contribution in [2.75, 3.05) is 6.61 Å². The number of ether oxygens (including phenoxy) is 1. The minimum Gasteiger partial charge on any atom is -0.493 e. The Bertz CT molecular complexity index is 563. The van der Waals surface area contributed by atoms with Gasteiger partial charge in [-0.3, -0.25) is 4.79 Å². The third-order valence-corrected chi connectivity index (χ3v) is 3.75. The molecule has 0 fully saturated rings. The number of aryl methyl sites for hydroxylation is 1. The average molecular weight is 275 g/mol. The van der Waals surface area contributed by atoms with Crippen molar-refractivity contribution < 1.29 is 9.53 Å². The van der Waals surface area contributed by atoms with Gasteiger partial charge in [-0.2, -0.15) is 0 Å². The van der Waals surface area contributed by atoms with E-state index in [4.69, 9.17) is 4.74 Å². The van der Waals surface area contributed by atoms with Crippen molar-refractivity contribution in [2.24, 2.45) is 0 Å². The number of aromatic nitrogens is 1. The highest BCUT2D eigenvalue weighted by Crippen LogP contribution is 2.19. The van der Waals surface area contributed by atoms with E-state index in [1.165, 1.54) is 23.8 Å². The summed E-state index contributed by atoms with van der Waals surface area (Å²) in [7, 11) is 0. The van der Waals surface area contributed by atoms with E-state index in [-0.39, 0.29) is 5.78 Å². The fraction of sp³-hybridized carbons (Fsp3) is 0.333. The van der Waals surface area contributed by atoms with Crippen molar-refractivity contribution in [1.29, 1.82) is 0 Å². The molecule has 0 atom stereocenters. The molecule has 0 saturated carbocycles. The molecule has 19 heavy (non-hydrogen) atoms. The molecule has 0 spiro atoms. The van der Waals surface area contributed by atoms with Gasteiger partial charge in [0.2, 0.25) is 0 Å². The SMILES string of the molecule is CCc1ccccc1OCCc1nc(C(C)=O)cs1. The molecule has 2 aromatic rings. The van der Waals surface area contributed by atoms with Crippen molar-refractivity contribution in [3.05, 3.63) is 45.9 Å². The number of ketones is 1. The lowest BCUT2D eigenvalue weighted by Crippen LogP contribution is -2.03. The first kappa shape index (κ1) is 13.7. The molecular weight excluding hydrogens is 258 g/mol. The maximum Gasteiger partial charge on any atom is 0.178 e. The van der Waals surface area contributed by atoms with Crippen LogP contribution in [0.3, 0.4) is 0 Å². The van der Waals surface area contributed by atoms with Crippen molar-refractivity contribution >= 4 is 17.1 Å². The lowest BCUT2D eigenvalue weighted by molar-refractivity contribution is 0.101. The number of carbonyl (C=O) groups excluding carboxylic acids is 1. The Morgan fingerprint density at radius 3 is 2.84 bits per heavy atom. The summed E-state index contributed by atoms with van der Waals surface area (Å²) in [5, 5.41) is 2.75. The predicted molar refractivity (Wildman–Crippen MR) is 77.1 cm³/mol. The molecular formula is C15H17NO2S. The molecule has 1 aromatic heterocycles. The van der Waals surface area contributed by atoms with E-state index in [2.05, 4.69) is 18.0 Å². The van der Waals surface area contributed by atoms with Crippen molar-refractivity contribution in [3.63, 3.8) is 0 Å². The zero-order valence-corrected chi connectivity index (χ0v) is 12.0. The summed E-state index contributed by atoms with van der Waals surface area (Å²) in [6.45, 7) is 4.23. The third kappa shape index (κ3) is 3.64. The molecule has 4 heteroatoms. The first-order valence-corrected chi connectivity index (χ1v) is 7.24. The van der Waals surface area contributed by atoms with Gasteiger partial charge in [-0.15, -0.1) is 11.3 Å². The van der Waals surface area contributed by atoms with Crippen LogP contribution in [0.2, 0.25) is 0 Å². The second-order valence-electron chi connectivity index (χ2n) is 4.24. The summed E-state index contributed by atoms with van der Waals surface area (Å²) in [5.41, 5.74) is 1.76. The van der Waals surface area contributed by atoms with Crippen LogP contribution in [0.4, 0.5) is 0 Å². The molecule has 1 aromatic carbocycles. The van der Waals surface area contributed by atoms with Gasteiger partial charge < -0.3 is 4.74 Å². The van der Waals surface area contributed by atoms with Crippen LogP contribution in [0.25, 0.3) is 0 Å². The van der Waals surface area contributed by atoms with Gasteiger partial charge in [0, 0.05) is 18.7 Å². The van der Waals surface area contributed by atoms with Crippen LogP contribution in [0.5, 0.6) is 5.75 Å². The summed E-state index contributed by atoms with van der Waals surface area (Å²) >= 11 is 1.51. The quantitative estimate of drug-likeness (QED) is 0.757. The molecule has 3 nitrogen and oxygen atoms in total. The predicted octanol–water partition coefficient (Wildman–Crippen LogP) is 3.53. The largest absolute Gasteiger partial charge is 0.493 e. The molecule has 0 amide bonds. The van der Waals surface area contributed by atoms with Crippen LogP contribution >= 0.6 is 11.3 Å². The number of rotatable bonds is 6. The number of benzene rings is 1. The van der Waals surface area contributed by atoms with Crippen molar-refractivity contribution in [1.82, 2.24) is 4.98 Å². The number of carbonyl (C=O) groups is 1. The Kier molecular flexibility index (Phi) is 4.68. The molecule has 0 aliphatic heterocycles. The van der Waals surface area contributed by atoms with E-state index < -0.39 is 0 Å². The van der Waals surface area contributed by atoms with Crippen LogP contribution in [0, 0.1) is 0 Å². The number of hydrogen-bond acceptors (Lipinski definition) is 4. The number of nitrogens with zero attached hydrogens (tertiary/aromatic N) is 1. The lowest BCUT2D eigenvalue weighted by Gasteiger charge is -2.09. The molecule has 0 aliphatic carbocycles. The molecule has 0 unspecified atom stereocenters. The Balaban J connectivity index is 1.90. The summed E-state index contributed by atoms with van der Waals surface area (Å²) < 4.78 is 5.78. The Morgan fingerprint density at radius 2 is 2.16 bits per heavy atom. The van der Waals surface area contributed by atoms with Crippen LogP contribution in [-0.2, 0) is 12.8 Å². The summed E-state index contributed by atoms with van der Waals surface area (Å²) in [6.07, 6.45) is 1.69. The standard InChI is InChI=1S/C15H17NO2S/c1-3-12-6-4-5-7-14(12)18-9-8-15-16-13(10-19-15)11(2)17/h4-7,10H,3,8-9H2,1-2H3. The van der Waals surface area contributed by atoms with E-state index in [0.29, 0.717) is 12.3 Å². The Morgan fingerprint density at radius 1 is 1.37 bits per heavy atom. The van der Waals surface area contributed by atoms with Crippen LogP contribution in [0.15, 0.2) is 29.6 Å². The Labute approximate surface area is 117 Å². The second-order valence-corrected chi connectivity index (χ2v) is 5.19. The molecule has 100 valence electrons. The fourth-order valence-corrected chi connectivity index (χ4v) is 2.59. The molecule has 0 bridgehead atoms. The van der Waals surface area contributed by atoms with E-state index in [1.54, 1.807) is 5.38 Å². The highest BCUT2D eigenvalue weighted by atomic mass is 32.1. The van der Waals surface area contributed by atoms with E-state index >= 15 is 0 Å². The van der Waals surface area contributed by atoms with Gasteiger partial charge >= 0.3 is 0 Å². The first-order valence-electron chi connectivity index (χ1n) is 6.36. The molecule has 0 N–H and O–H groups in total. The number of para-hydroxylation sites is 1. The van der Waals surface area contributed by atoms with Gasteiger partial charge in [-0.1, -0.05) is 25.1 Å². The summed E-state index contributed by atoms with van der Waals surface area (Å²) in [5.74, 6) is 0.952. The second kappa shape index (κ2) is 6.48. The topological polar surface area (TPSA) is 39.2 Å². The lowest BCUT2D eigenvalue weighted by atomic mass is 10.1. The first-order chi connectivity index (χ1) is 9.20. The van der Waals surface area contributed by atoms with Crippen molar-refractivity contribution in [3.8, 4) is 5.75 Å². The van der Waals surface area contributed by atoms with Crippen LogP contribution in [-0.4, -0.2) is 17.4 Å². The number of thiazole rings is 1. The van der Waals surface area contributed by atoms with E-state index in [9.17, 15) is 4.79 Å². The highest BCUT2D eigenvalue weighted by Gasteiger charge is 2.06. The van der Waals surface area contributed by atoms with Gasteiger partial charge in [0.15, 0.2) is 5.78 Å². The summed E-state index contributed by atoms with van der Waals surface area (Å²) in [6, 6.07) is 8.06. The molecule has 0 aliphatic rings. The highest BCUT2D eigenvalue weighted by molar-refractivity contribution is 7.09. The fourth-order valence-electron chi connectivity index (χ4n) is 1.77. The number of hydrogen-bond donors (Lipinski definition) is 0. The van der Waals surface area contributed by atoms with Gasteiger partial charge in [0.25, 0.3) is 0 Å². The maximum absolute atomic E-state index is 11.2. The van der Waals surface area contributed by atoms with Crippen LogP contribution < -0.4 is 4.74 Å². The van der Waals surface area contributed by atoms with Crippen molar-refractivity contribution in [2.45, 2.75) is 26.7 Å². The summed E-state index contributed by atoms with van der Waals surface area (Å²) in [4.78, 5) is 15.4. The van der Waals surface area contributed by atoms with Crippen LogP contribution in [0.1, 0.15) is 34.9 Å². The molecule has 0 saturated heterocycles. The minimum absolute atomic E-state index is 0.0137. The smallest absolute Gasteiger partial charge is 0.178 e. The van der Waals surface area contributed by atoms with Gasteiger partial charge in [-0.05, 0) is 18.1 Å². The molecule has 1 heterocycles. The zero-order valence-electron chi connectivity index (χ0n) is 11.2. The van der Waals surface area contributed by atoms with E-state index in [0.717, 1.165) is 23.6 Å². The number of Topliss-reactive ketones (excluding diaryl/α,β-unsaturated/α-hetero) is 1. The maximum atomic E-state index is 11.2. The average Bonchev–Trinajstić information content (AvgIpc) is 2.88. The van der Waals surface area contributed by atoms with E-state index in [1.807, 2.05) is 18.2 Å². The normalized spacial score (nSPS) is 10.4. The monoisotopic (exact) mass is 275 g/mol. The van der Waals surface area contributed by atoms with Gasteiger partial charge in [-0.25, -0.2) is 4.98 Å². The van der Waals surface area contributed by atoms with Gasteiger partial charge in [0.1, 0.15) is 11.4 Å². The zero-order chi connectivity index (χ0) is 13.7. The Hall–Kier alpha value is -1.68. The third-order valence-electron chi connectivity index (χ3n) is 2.84. The molecule has 0 radical (unpaired) electrons.